The zero-order valence-electron chi connectivity index (χ0n) is 17.5. The molecule has 0 amide bonds. The second kappa shape index (κ2) is 8.40. The van der Waals surface area contributed by atoms with Gasteiger partial charge in [-0.05, 0) is 36.9 Å². The summed E-state index contributed by atoms with van der Waals surface area (Å²) >= 11 is 6.90. The third-order valence-corrected chi connectivity index (χ3v) is 9.04. The Bertz CT molecular complexity index is 1490. The van der Waals surface area contributed by atoms with Crippen molar-refractivity contribution < 1.29 is 35.9 Å². The van der Waals surface area contributed by atoms with Crippen molar-refractivity contribution in [3.05, 3.63) is 49.8 Å². The molecule has 0 bridgehead atoms. The maximum absolute atomic E-state index is 13.2. The predicted molar refractivity (Wildman–Crippen MR) is 119 cm³/mol. The third kappa shape index (κ3) is 4.38. The Hall–Kier alpha value is -2.45. The van der Waals surface area contributed by atoms with E-state index < -0.39 is 25.6 Å². The molecule has 14 heteroatoms. The van der Waals surface area contributed by atoms with Gasteiger partial charge in [0.25, 0.3) is 15.9 Å². The fourth-order valence-electron chi connectivity index (χ4n) is 3.35. The number of carbonyl (C=O) groups excluding carboxylic acids is 1. The summed E-state index contributed by atoms with van der Waals surface area (Å²) in [4.78, 5) is 22.8. The summed E-state index contributed by atoms with van der Waals surface area (Å²) in [6.45, 7) is 3.23. The Morgan fingerprint density at radius 1 is 1.24 bits per heavy atom. The van der Waals surface area contributed by atoms with E-state index in [-0.39, 0.29) is 44.2 Å². The Balaban J connectivity index is 1.71. The minimum atomic E-state index is -4.25. The highest BCUT2D eigenvalue weighted by Gasteiger charge is 2.30. The van der Waals surface area contributed by atoms with Crippen molar-refractivity contribution in [1.82, 2.24) is 5.16 Å². The number of benzene rings is 1. The summed E-state index contributed by atoms with van der Waals surface area (Å²) in [6, 6.07) is 2.68. The number of sulfonamides is 1. The number of Topliss-reactive ketones (excluding diaryl/α,β-unsaturated/α-hetero) is 1. The van der Waals surface area contributed by atoms with Gasteiger partial charge in [-0.25, -0.2) is 21.6 Å². The minimum absolute atomic E-state index is 0.00420. The number of aromatic nitrogens is 1. The summed E-state index contributed by atoms with van der Waals surface area (Å²) in [5.41, 5.74) is 1.49. The predicted octanol–water partition coefficient (Wildman–Crippen LogP) is 3.46. The molecule has 0 aliphatic carbocycles. The number of carbonyl (C=O) groups is 1. The van der Waals surface area contributed by atoms with E-state index in [1.807, 2.05) is 0 Å². The van der Waals surface area contributed by atoms with Crippen molar-refractivity contribution in [2.24, 2.45) is 0 Å². The van der Waals surface area contributed by atoms with Crippen LogP contribution in [0.5, 0.6) is 5.75 Å². The van der Waals surface area contributed by atoms with Gasteiger partial charge in [-0.3, -0.25) is 4.79 Å². The molecule has 0 fully saturated rings. The number of fused-ring (bicyclic) bond motifs is 1. The molecule has 1 aliphatic rings. The molecule has 0 saturated carbocycles. The number of thiophene rings is 1. The van der Waals surface area contributed by atoms with Crippen LogP contribution in [0.25, 0.3) is 0 Å². The lowest BCUT2D eigenvalue weighted by Gasteiger charge is -2.14. The van der Waals surface area contributed by atoms with E-state index in [0.29, 0.717) is 22.6 Å². The van der Waals surface area contributed by atoms with Gasteiger partial charge in [0.15, 0.2) is 21.4 Å². The number of halogens is 1. The molecule has 3 aromatic rings. The van der Waals surface area contributed by atoms with Gasteiger partial charge in [0.1, 0.15) is 22.2 Å². The highest BCUT2D eigenvalue weighted by molar-refractivity contribution is 7.93. The van der Waals surface area contributed by atoms with Crippen LogP contribution in [0, 0.1) is 13.8 Å². The molecular weight excluding hydrogens is 516 g/mol. The summed E-state index contributed by atoms with van der Waals surface area (Å²) in [5.74, 6) is -0.511. The Kier molecular flexibility index (Phi) is 6.03. The Labute approximate surface area is 198 Å². The second-order valence-electron chi connectivity index (χ2n) is 7.31. The molecule has 0 saturated heterocycles. The highest BCUT2D eigenvalue weighted by Crippen LogP contribution is 2.37. The van der Waals surface area contributed by atoms with Crippen LogP contribution in [0.2, 0.25) is 5.02 Å². The first-order valence-electron chi connectivity index (χ1n) is 9.30. The van der Waals surface area contributed by atoms with Crippen LogP contribution in [0.3, 0.4) is 0 Å². The van der Waals surface area contributed by atoms with Crippen molar-refractivity contribution in [3.63, 3.8) is 0 Å². The second-order valence-corrected chi connectivity index (χ2v) is 12.2. The summed E-state index contributed by atoms with van der Waals surface area (Å²) in [5, 5.41) is 5.03. The number of nitrogens with one attached hydrogen (secondary N) is 1. The van der Waals surface area contributed by atoms with Gasteiger partial charge in [-0.15, -0.1) is 11.3 Å². The van der Waals surface area contributed by atoms with Gasteiger partial charge in [-0.2, -0.15) is 4.89 Å². The molecule has 176 valence electrons. The van der Waals surface area contributed by atoms with Gasteiger partial charge in [-0.1, -0.05) is 16.8 Å². The lowest BCUT2D eigenvalue weighted by atomic mass is 9.99. The largest absolute Gasteiger partial charge is 0.337 e. The number of hydrogen-bond donors (Lipinski definition) is 1. The lowest BCUT2D eigenvalue weighted by Crippen LogP contribution is -2.17. The van der Waals surface area contributed by atoms with Crippen molar-refractivity contribution in [3.8, 4) is 5.75 Å². The zero-order chi connectivity index (χ0) is 24.1. The number of hydrogen-bond acceptors (Lipinski definition) is 10. The standard InChI is InChI=1S/C19H17ClN2O8S3/c1-9-12(15(32(3,24)25)6-11-8-28-30-17(9)11)7-13(23)18-14(4-5-31-18)33(26,27)22-19-16(20)10(2)21-29-19/h4-6,22H,7-8H2,1-3H3. The molecule has 0 unspecified atom stereocenters. The molecule has 2 aromatic heterocycles. The molecule has 1 aliphatic heterocycles. The molecule has 33 heavy (non-hydrogen) atoms. The average Bonchev–Trinajstić information content (AvgIpc) is 3.46. The molecule has 0 atom stereocenters. The number of nitrogens with zero attached hydrogens (tertiary/aromatic N) is 1. The first kappa shape index (κ1) is 23.7. The third-order valence-electron chi connectivity index (χ3n) is 4.97. The number of sulfone groups is 1. The molecule has 1 aromatic carbocycles. The first-order valence-corrected chi connectivity index (χ1v) is 13.9. The summed E-state index contributed by atoms with van der Waals surface area (Å²) in [7, 11) is -7.95. The van der Waals surface area contributed by atoms with Crippen LogP contribution in [0.4, 0.5) is 5.88 Å². The maximum Gasteiger partial charge on any atom is 0.265 e. The van der Waals surface area contributed by atoms with E-state index in [9.17, 15) is 21.6 Å². The Morgan fingerprint density at radius 2 is 1.97 bits per heavy atom. The number of anilines is 1. The maximum atomic E-state index is 13.2. The molecule has 4 rings (SSSR count). The molecular formula is C19H17ClN2O8S3. The highest BCUT2D eigenvalue weighted by atomic mass is 35.5. The smallest absolute Gasteiger partial charge is 0.265 e. The molecule has 0 spiro atoms. The van der Waals surface area contributed by atoms with Crippen molar-refractivity contribution in [1.29, 1.82) is 0 Å². The van der Waals surface area contributed by atoms with Crippen molar-refractivity contribution in [2.45, 2.75) is 36.7 Å². The molecule has 0 radical (unpaired) electrons. The minimum Gasteiger partial charge on any atom is -0.337 e. The van der Waals surface area contributed by atoms with Crippen LogP contribution < -0.4 is 9.61 Å². The summed E-state index contributed by atoms with van der Waals surface area (Å²) < 4.78 is 57.7. The van der Waals surface area contributed by atoms with Crippen LogP contribution in [0.1, 0.15) is 32.1 Å². The van der Waals surface area contributed by atoms with Crippen LogP contribution in [-0.4, -0.2) is 34.0 Å². The van der Waals surface area contributed by atoms with Gasteiger partial charge >= 0.3 is 0 Å². The number of ketones is 1. The van der Waals surface area contributed by atoms with E-state index >= 15 is 0 Å². The zero-order valence-corrected chi connectivity index (χ0v) is 20.7. The van der Waals surface area contributed by atoms with Gasteiger partial charge < -0.3 is 9.41 Å². The topological polar surface area (TPSA) is 142 Å². The Morgan fingerprint density at radius 3 is 2.61 bits per heavy atom. The number of rotatable bonds is 7. The average molecular weight is 533 g/mol. The molecule has 3 heterocycles. The quantitative estimate of drug-likeness (QED) is 0.357. The van der Waals surface area contributed by atoms with E-state index in [4.69, 9.17) is 25.9 Å². The van der Waals surface area contributed by atoms with Crippen LogP contribution in [0.15, 0.2) is 31.8 Å². The van der Waals surface area contributed by atoms with E-state index in [2.05, 4.69) is 9.88 Å². The van der Waals surface area contributed by atoms with E-state index in [0.717, 1.165) is 17.6 Å². The number of aryl methyl sites for hydroxylation is 1. The fourth-order valence-corrected chi connectivity index (χ4v) is 6.94. The fraction of sp³-hybridized carbons (Fsp3) is 0.263. The van der Waals surface area contributed by atoms with Crippen molar-refractivity contribution in [2.75, 3.05) is 11.0 Å². The molecule has 10 nitrogen and oxygen atoms in total. The van der Waals surface area contributed by atoms with E-state index in [1.54, 1.807) is 6.92 Å². The van der Waals surface area contributed by atoms with Gasteiger partial charge in [0.05, 0.1) is 9.77 Å². The summed E-state index contributed by atoms with van der Waals surface area (Å²) in [6.07, 6.45) is 0.670. The van der Waals surface area contributed by atoms with E-state index in [1.165, 1.54) is 24.4 Å². The van der Waals surface area contributed by atoms with Gasteiger partial charge in [0.2, 0.25) is 0 Å². The SMILES string of the molecule is Cc1noc(NS(=O)(=O)c2ccsc2C(=O)Cc2c(S(C)(=O)=O)cc3c(c2C)OOC3)c1Cl. The van der Waals surface area contributed by atoms with Crippen molar-refractivity contribution >= 4 is 54.5 Å². The van der Waals surface area contributed by atoms with Gasteiger partial charge in [0, 0.05) is 23.8 Å². The molecule has 1 N–H and O–H groups in total. The first-order chi connectivity index (χ1) is 15.4. The van der Waals surface area contributed by atoms with Crippen LogP contribution in [-0.2, 0) is 37.8 Å². The van der Waals surface area contributed by atoms with Crippen LogP contribution >= 0.6 is 22.9 Å². The lowest BCUT2D eigenvalue weighted by molar-refractivity contribution is -0.194. The normalized spacial score (nSPS) is 13.6. The monoisotopic (exact) mass is 532 g/mol.